The van der Waals surface area contributed by atoms with Gasteiger partial charge in [0.15, 0.2) is 0 Å². The van der Waals surface area contributed by atoms with Crippen molar-refractivity contribution in [2.45, 2.75) is 0 Å². The van der Waals surface area contributed by atoms with Gasteiger partial charge >= 0.3 is 6.03 Å². The summed E-state index contributed by atoms with van der Waals surface area (Å²) < 4.78 is 0. The molecule has 0 bridgehead atoms. The van der Waals surface area contributed by atoms with E-state index < -0.39 is 0 Å². The van der Waals surface area contributed by atoms with Crippen molar-refractivity contribution in [3.63, 3.8) is 0 Å². The molecule has 0 atom stereocenters. The van der Waals surface area contributed by atoms with Gasteiger partial charge in [0.25, 0.3) is 0 Å². The summed E-state index contributed by atoms with van der Waals surface area (Å²) in [6, 6.07) is 12.8. The molecule has 0 unspecified atom stereocenters. The Hall–Kier alpha value is -2.82. The molecule has 1 aromatic carbocycles. The highest BCUT2D eigenvalue weighted by Gasteiger charge is 2.15. The zero-order chi connectivity index (χ0) is 13.1. The predicted molar refractivity (Wildman–Crippen MR) is 74.2 cm³/mol. The maximum atomic E-state index is 12.0. The Morgan fingerprint density at radius 3 is 2.84 bits per heavy atom. The average molecular weight is 252 g/mol. The minimum absolute atomic E-state index is 0.288. The standard InChI is InChI=1S/C14H12N4O/c19-14(16-13-7-3-4-9-15-13)18-10-8-11-5-1-2-6-12(11)17-18/h1-10,17H,(H,15,16,19). The normalized spacial score (nSPS) is 12.5. The number of rotatable bonds is 1. The van der Waals surface area contributed by atoms with E-state index in [9.17, 15) is 4.79 Å². The first-order valence-electron chi connectivity index (χ1n) is 5.88. The molecule has 2 N–H and O–H groups in total. The van der Waals surface area contributed by atoms with Crippen LogP contribution in [0, 0.1) is 0 Å². The van der Waals surface area contributed by atoms with Crippen LogP contribution in [0.15, 0.2) is 54.9 Å². The van der Waals surface area contributed by atoms with Gasteiger partial charge < -0.3 is 0 Å². The van der Waals surface area contributed by atoms with Crippen molar-refractivity contribution in [2.75, 3.05) is 10.7 Å². The Kier molecular flexibility index (Phi) is 2.86. The fraction of sp³-hybridized carbons (Fsp3) is 0. The van der Waals surface area contributed by atoms with Gasteiger partial charge in [0.1, 0.15) is 5.82 Å². The Morgan fingerprint density at radius 2 is 2.00 bits per heavy atom. The molecule has 94 valence electrons. The van der Waals surface area contributed by atoms with Gasteiger partial charge in [-0.2, -0.15) is 0 Å². The lowest BCUT2D eigenvalue weighted by Crippen LogP contribution is -2.36. The molecule has 0 saturated carbocycles. The number of aromatic nitrogens is 1. The van der Waals surface area contributed by atoms with Crippen molar-refractivity contribution in [3.05, 3.63) is 60.4 Å². The van der Waals surface area contributed by atoms with Crippen LogP contribution in [0.3, 0.4) is 0 Å². The van der Waals surface area contributed by atoms with Crippen LogP contribution >= 0.6 is 0 Å². The first-order chi connectivity index (χ1) is 9.33. The first-order valence-corrected chi connectivity index (χ1v) is 5.88. The van der Waals surface area contributed by atoms with E-state index in [0.717, 1.165) is 11.3 Å². The third-order valence-corrected chi connectivity index (χ3v) is 2.72. The highest BCUT2D eigenvalue weighted by Crippen LogP contribution is 2.22. The second-order valence-corrected chi connectivity index (χ2v) is 4.03. The van der Waals surface area contributed by atoms with Crippen LogP contribution < -0.4 is 10.7 Å². The molecule has 0 aliphatic carbocycles. The van der Waals surface area contributed by atoms with E-state index in [-0.39, 0.29) is 6.03 Å². The fourth-order valence-electron chi connectivity index (χ4n) is 1.79. The summed E-state index contributed by atoms with van der Waals surface area (Å²) in [4.78, 5) is 16.1. The second-order valence-electron chi connectivity index (χ2n) is 4.03. The highest BCUT2D eigenvalue weighted by molar-refractivity contribution is 5.91. The SMILES string of the molecule is O=C(Nc1ccccn1)N1C=Cc2ccccc2N1. The van der Waals surface area contributed by atoms with Gasteiger partial charge in [0, 0.05) is 18.0 Å². The number of carbonyl (C=O) groups is 1. The van der Waals surface area contributed by atoms with Crippen LogP contribution in [0.25, 0.3) is 6.08 Å². The largest absolute Gasteiger partial charge is 0.345 e. The molecule has 1 aromatic heterocycles. The fourth-order valence-corrected chi connectivity index (χ4v) is 1.79. The first kappa shape index (κ1) is 11.3. The summed E-state index contributed by atoms with van der Waals surface area (Å²) in [6.07, 6.45) is 5.19. The minimum atomic E-state index is -0.288. The second kappa shape index (κ2) is 4.81. The number of carbonyl (C=O) groups excluding carboxylic acids is 1. The van der Waals surface area contributed by atoms with E-state index in [1.807, 2.05) is 36.4 Å². The Morgan fingerprint density at radius 1 is 1.16 bits per heavy atom. The number of urea groups is 1. The maximum absolute atomic E-state index is 12.0. The van der Waals surface area contributed by atoms with Crippen LogP contribution in [0.5, 0.6) is 0 Å². The summed E-state index contributed by atoms with van der Waals surface area (Å²) >= 11 is 0. The number of hydrazine groups is 1. The molecule has 0 fully saturated rings. The van der Waals surface area contributed by atoms with E-state index in [4.69, 9.17) is 0 Å². The highest BCUT2D eigenvalue weighted by atomic mass is 16.2. The van der Waals surface area contributed by atoms with Gasteiger partial charge in [-0.1, -0.05) is 24.3 Å². The molecule has 1 aliphatic heterocycles. The minimum Gasteiger partial charge on any atom is -0.290 e. The lowest BCUT2D eigenvalue weighted by molar-refractivity contribution is 0.234. The smallest absolute Gasteiger partial charge is 0.290 e. The maximum Gasteiger partial charge on any atom is 0.345 e. The lowest BCUT2D eigenvalue weighted by atomic mass is 10.1. The monoisotopic (exact) mass is 252 g/mol. The summed E-state index contributed by atoms with van der Waals surface area (Å²) in [7, 11) is 0. The van der Waals surface area contributed by atoms with E-state index in [1.54, 1.807) is 24.5 Å². The molecule has 5 nitrogen and oxygen atoms in total. The third-order valence-electron chi connectivity index (χ3n) is 2.72. The molecule has 0 saturated heterocycles. The zero-order valence-corrected chi connectivity index (χ0v) is 10.1. The van der Waals surface area contributed by atoms with E-state index in [0.29, 0.717) is 5.82 Å². The number of pyridine rings is 1. The Labute approximate surface area is 110 Å². The zero-order valence-electron chi connectivity index (χ0n) is 10.1. The molecule has 2 heterocycles. The topological polar surface area (TPSA) is 57.3 Å². The van der Waals surface area contributed by atoms with Gasteiger partial charge in [0.05, 0.1) is 5.69 Å². The van der Waals surface area contributed by atoms with Crippen molar-refractivity contribution in [1.82, 2.24) is 9.99 Å². The molecule has 5 heteroatoms. The Balaban J connectivity index is 1.73. The number of hydrogen-bond acceptors (Lipinski definition) is 3. The summed E-state index contributed by atoms with van der Waals surface area (Å²) in [5.41, 5.74) is 4.96. The van der Waals surface area contributed by atoms with Gasteiger partial charge in [0.2, 0.25) is 0 Å². The number of nitrogens with one attached hydrogen (secondary N) is 2. The molecular weight excluding hydrogens is 240 g/mol. The van der Waals surface area contributed by atoms with E-state index >= 15 is 0 Å². The molecule has 0 spiro atoms. The quantitative estimate of drug-likeness (QED) is 0.820. The van der Waals surface area contributed by atoms with E-state index in [2.05, 4.69) is 15.7 Å². The molecule has 19 heavy (non-hydrogen) atoms. The summed E-state index contributed by atoms with van der Waals surface area (Å²) in [5.74, 6) is 0.515. The number of hydrogen-bond donors (Lipinski definition) is 2. The summed E-state index contributed by atoms with van der Waals surface area (Å²) in [5, 5.41) is 4.09. The van der Waals surface area contributed by atoms with Gasteiger partial charge in [-0.3, -0.25) is 10.7 Å². The van der Waals surface area contributed by atoms with Crippen LogP contribution in [0.4, 0.5) is 16.3 Å². The molecule has 3 rings (SSSR count). The van der Waals surface area contributed by atoms with Gasteiger partial charge in [-0.05, 0) is 24.3 Å². The molecule has 1 aliphatic rings. The van der Waals surface area contributed by atoms with Crippen molar-refractivity contribution >= 4 is 23.6 Å². The van der Waals surface area contributed by atoms with Crippen LogP contribution in [-0.4, -0.2) is 16.0 Å². The number of fused-ring (bicyclic) bond motifs is 1. The predicted octanol–water partition coefficient (Wildman–Crippen LogP) is 2.93. The van der Waals surface area contributed by atoms with Crippen LogP contribution in [0.2, 0.25) is 0 Å². The van der Waals surface area contributed by atoms with Gasteiger partial charge in [-0.15, -0.1) is 0 Å². The number of benzene rings is 1. The third kappa shape index (κ3) is 2.40. The van der Waals surface area contributed by atoms with Crippen molar-refractivity contribution in [1.29, 1.82) is 0 Å². The van der Waals surface area contributed by atoms with Crippen LogP contribution in [0.1, 0.15) is 5.56 Å². The van der Waals surface area contributed by atoms with Crippen LogP contribution in [-0.2, 0) is 0 Å². The van der Waals surface area contributed by atoms with Gasteiger partial charge in [-0.25, -0.2) is 14.8 Å². The summed E-state index contributed by atoms with van der Waals surface area (Å²) in [6.45, 7) is 0. The Bertz CT molecular complexity index is 624. The van der Waals surface area contributed by atoms with Crippen molar-refractivity contribution in [3.8, 4) is 0 Å². The molecular formula is C14H12N4O. The molecule has 0 radical (unpaired) electrons. The number of para-hydroxylation sites is 1. The number of nitrogens with zero attached hydrogens (tertiary/aromatic N) is 2. The molecule has 2 aromatic rings. The molecule has 2 amide bonds. The average Bonchev–Trinajstić information content (AvgIpc) is 2.48. The number of amides is 2. The van der Waals surface area contributed by atoms with Crippen molar-refractivity contribution < 1.29 is 4.79 Å². The number of anilines is 2. The van der Waals surface area contributed by atoms with E-state index in [1.165, 1.54) is 5.01 Å². The lowest BCUT2D eigenvalue weighted by Gasteiger charge is -2.25. The van der Waals surface area contributed by atoms with Crippen molar-refractivity contribution in [2.24, 2.45) is 0 Å².